The van der Waals surface area contributed by atoms with Crippen molar-refractivity contribution in [1.29, 1.82) is 0 Å². The average molecular weight is 347 g/mol. The minimum atomic E-state index is 0.0698. The van der Waals surface area contributed by atoms with Gasteiger partial charge in [-0.15, -0.1) is 10.2 Å². The van der Waals surface area contributed by atoms with Crippen molar-refractivity contribution in [2.24, 2.45) is 11.8 Å². The number of hydrogen-bond donors (Lipinski definition) is 1. The maximum atomic E-state index is 12.3. The summed E-state index contributed by atoms with van der Waals surface area (Å²) in [6.07, 6.45) is 3.54. The van der Waals surface area contributed by atoms with Gasteiger partial charge in [0.15, 0.2) is 5.16 Å². The number of amides is 1. The van der Waals surface area contributed by atoms with Gasteiger partial charge < -0.3 is 5.32 Å². The molecule has 3 atom stereocenters. The number of fused-ring (bicyclic) bond motifs is 1. The molecule has 1 fully saturated rings. The lowest BCUT2D eigenvalue weighted by Gasteiger charge is -2.34. The molecule has 2 aromatic rings. The molecule has 1 aliphatic rings. The van der Waals surface area contributed by atoms with E-state index in [2.05, 4.69) is 34.3 Å². The first-order chi connectivity index (χ1) is 11.5. The van der Waals surface area contributed by atoms with Crippen molar-refractivity contribution >= 4 is 23.4 Å². The molecule has 6 nitrogen and oxygen atoms in total. The van der Waals surface area contributed by atoms with Gasteiger partial charge in [-0.25, -0.2) is 4.98 Å². The highest BCUT2D eigenvalue weighted by Crippen LogP contribution is 2.29. The van der Waals surface area contributed by atoms with Crippen molar-refractivity contribution in [3.63, 3.8) is 0 Å². The summed E-state index contributed by atoms with van der Waals surface area (Å²) in [4.78, 5) is 16.7. The molecule has 1 amide bonds. The van der Waals surface area contributed by atoms with Crippen molar-refractivity contribution in [2.45, 2.75) is 58.2 Å². The Morgan fingerprint density at radius 3 is 2.92 bits per heavy atom. The SMILES string of the molecule is Cc1cc(C)n2c(SCC(=O)N[C@H]3CCC[C@@H](C)[C@H]3C)nnc2n1. The van der Waals surface area contributed by atoms with Gasteiger partial charge in [0.1, 0.15) is 0 Å². The number of hydrogen-bond acceptors (Lipinski definition) is 5. The molecule has 0 bridgehead atoms. The smallest absolute Gasteiger partial charge is 0.256 e. The van der Waals surface area contributed by atoms with Crippen LogP contribution in [0.2, 0.25) is 0 Å². The molecule has 0 radical (unpaired) electrons. The normalized spacial score (nSPS) is 24.2. The van der Waals surface area contributed by atoms with E-state index in [1.165, 1.54) is 24.6 Å². The first-order valence-corrected chi connectivity index (χ1v) is 9.56. The molecule has 1 saturated carbocycles. The van der Waals surface area contributed by atoms with E-state index in [0.29, 0.717) is 29.4 Å². The van der Waals surface area contributed by atoms with E-state index >= 15 is 0 Å². The molecular formula is C17H25N5OS. The summed E-state index contributed by atoms with van der Waals surface area (Å²) in [5.74, 6) is 2.22. The predicted octanol–water partition coefficient (Wildman–Crippen LogP) is 2.77. The Labute approximate surface area is 146 Å². The summed E-state index contributed by atoms with van der Waals surface area (Å²) >= 11 is 1.41. The topological polar surface area (TPSA) is 72.2 Å². The van der Waals surface area contributed by atoms with E-state index in [9.17, 15) is 4.79 Å². The fourth-order valence-electron chi connectivity index (χ4n) is 3.46. The van der Waals surface area contributed by atoms with Crippen molar-refractivity contribution in [3.8, 4) is 0 Å². The summed E-state index contributed by atoms with van der Waals surface area (Å²) in [7, 11) is 0. The van der Waals surface area contributed by atoms with Crippen molar-refractivity contribution in [2.75, 3.05) is 5.75 Å². The van der Waals surface area contributed by atoms with Crippen LogP contribution in [0.4, 0.5) is 0 Å². The van der Waals surface area contributed by atoms with Crippen molar-refractivity contribution in [1.82, 2.24) is 24.9 Å². The minimum Gasteiger partial charge on any atom is -0.352 e. The number of nitrogens with one attached hydrogen (secondary N) is 1. The number of rotatable bonds is 4. The van der Waals surface area contributed by atoms with Crippen LogP contribution in [-0.4, -0.2) is 37.3 Å². The van der Waals surface area contributed by atoms with E-state index < -0.39 is 0 Å². The number of nitrogens with zero attached hydrogens (tertiary/aromatic N) is 4. The molecule has 7 heteroatoms. The summed E-state index contributed by atoms with van der Waals surface area (Å²) in [6, 6.07) is 2.29. The Balaban J connectivity index is 1.62. The quantitative estimate of drug-likeness (QED) is 0.861. The highest BCUT2D eigenvalue weighted by atomic mass is 32.2. The van der Waals surface area contributed by atoms with E-state index in [1.54, 1.807) is 0 Å². The number of aryl methyl sites for hydroxylation is 2. The second-order valence-corrected chi connectivity index (χ2v) is 7.83. The summed E-state index contributed by atoms with van der Waals surface area (Å²) in [6.45, 7) is 8.46. The van der Waals surface area contributed by atoms with E-state index in [1.807, 2.05) is 24.3 Å². The zero-order chi connectivity index (χ0) is 17.3. The Kier molecular flexibility index (Phi) is 5.08. The summed E-state index contributed by atoms with van der Waals surface area (Å²) in [5, 5.41) is 12.2. The standard InChI is InChI=1S/C17H25N5OS/c1-10-6-5-7-14(13(10)4)19-15(23)9-24-17-21-20-16-18-11(2)8-12(3)22(16)17/h8,10,13-14H,5-7,9H2,1-4H3,(H,19,23)/t10-,13-,14+/m1/s1. The van der Waals surface area contributed by atoms with E-state index in [0.717, 1.165) is 23.0 Å². The fourth-order valence-corrected chi connectivity index (χ4v) is 4.25. The monoisotopic (exact) mass is 347 g/mol. The largest absolute Gasteiger partial charge is 0.352 e. The number of carbonyl (C=O) groups is 1. The second kappa shape index (κ2) is 7.09. The van der Waals surface area contributed by atoms with Gasteiger partial charge in [0.05, 0.1) is 5.75 Å². The summed E-state index contributed by atoms with van der Waals surface area (Å²) in [5.41, 5.74) is 1.95. The van der Waals surface area contributed by atoms with Gasteiger partial charge in [0, 0.05) is 17.4 Å². The molecule has 0 aliphatic heterocycles. The van der Waals surface area contributed by atoms with E-state index in [-0.39, 0.29) is 5.91 Å². The average Bonchev–Trinajstić information content (AvgIpc) is 2.93. The second-order valence-electron chi connectivity index (χ2n) is 6.89. The molecule has 0 unspecified atom stereocenters. The minimum absolute atomic E-state index is 0.0698. The molecule has 1 aliphatic carbocycles. The lowest BCUT2D eigenvalue weighted by Crippen LogP contribution is -2.44. The number of carbonyl (C=O) groups excluding carboxylic acids is 1. The lowest BCUT2D eigenvalue weighted by atomic mass is 9.78. The zero-order valence-electron chi connectivity index (χ0n) is 14.7. The molecule has 0 saturated heterocycles. The Morgan fingerprint density at radius 1 is 1.33 bits per heavy atom. The van der Waals surface area contributed by atoms with Gasteiger partial charge >= 0.3 is 0 Å². The molecular weight excluding hydrogens is 322 g/mol. The molecule has 3 rings (SSSR count). The molecule has 1 N–H and O–H groups in total. The molecule has 2 heterocycles. The summed E-state index contributed by atoms with van der Waals surface area (Å²) < 4.78 is 1.90. The molecule has 0 aromatic carbocycles. The molecule has 130 valence electrons. The van der Waals surface area contributed by atoms with E-state index in [4.69, 9.17) is 0 Å². The lowest BCUT2D eigenvalue weighted by molar-refractivity contribution is -0.120. The van der Waals surface area contributed by atoms with Crippen LogP contribution in [-0.2, 0) is 4.79 Å². The van der Waals surface area contributed by atoms with Crippen LogP contribution in [0.25, 0.3) is 5.78 Å². The van der Waals surface area contributed by atoms with Gasteiger partial charge in [-0.3, -0.25) is 9.20 Å². The van der Waals surface area contributed by atoms with Crippen molar-refractivity contribution in [3.05, 3.63) is 17.5 Å². The van der Waals surface area contributed by atoms with Crippen LogP contribution in [0.5, 0.6) is 0 Å². The van der Waals surface area contributed by atoms with Crippen LogP contribution >= 0.6 is 11.8 Å². The van der Waals surface area contributed by atoms with Crippen LogP contribution < -0.4 is 5.32 Å². The zero-order valence-corrected chi connectivity index (χ0v) is 15.6. The van der Waals surface area contributed by atoms with Crippen LogP contribution in [0.15, 0.2) is 11.2 Å². The Hall–Kier alpha value is -1.63. The highest BCUT2D eigenvalue weighted by molar-refractivity contribution is 7.99. The van der Waals surface area contributed by atoms with Crippen LogP contribution in [0, 0.1) is 25.7 Å². The van der Waals surface area contributed by atoms with Gasteiger partial charge in [-0.1, -0.05) is 38.5 Å². The van der Waals surface area contributed by atoms with Gasteiger partial charge in [-0.2, -0.15) is 0 Å². The predicted molar refractivity (Wildman–Crippen MR) is 95.1 cm³/mol. The van der Waals surface area contributed by atoms with Crippen molar-refractivity contribution < 1.29 is 4.79 Å². The third-order valence-electron chi connectivity index (χ3n) is 5.05. The number of aromatic nitrogens is 4. The van der Waals surface area contributed by atoms with Gasteiger partial charge in [0.2, 0.25) is 5.91 Å². The van der Waals surface area contributed by atoms with Gasteiger partial charge in [-0.05, 0) is 38.2 Å². The van der Waals surface area contributed by atoms with Crippen LogP contribution in [0.1, 0.15) is 44.5 Å². The Morgan fingerprint density at radius 2 is 2.12 bits per heavy atom. The molecule has 0 spiro atoms. The van der Waals surface area contributed by atoms with Gasteiger partial charge in [0.25, 0.3) is 5.78 Å². The fraction of sp³-hybridized carbons (Fsp3) is 0.647. The third kappa shape index (κ3) is 3.55. The van der Waals surface area contributed by atoms with Crippen LogP contribution in [0.3, 0.4) is 0 Å². The molecule has 2 aromatic heterocycles. The number of thioether (sulfide) groups is 1. The Bertz CT molecular complexity index is 744. The maximum Gasteiger partial charge on any atom is 0.256 e. The first kappa shape index (κ1) is 17.2. The molecule has 24 heavy (non-hydrogen) atoms. The maximum absolute atomic E-state index is 12.3. The highest BCUT2D eigenvalue weighted by Gasteiger charge is 2.28. The third-order valence-corrected chi connectivity index (χ3v) is 5.98. The first-order valence-electron chi connectivity index (χ1n) is 8.57.